The third kappa shape index (κ3) is 6.43. The number of amides is 1. The number of hydrogen-bond acceptors (Lipinski definition) is 10. The summed E-state index contributed by atoms with van der Waals surface area (Å²) < 4.78 is 46.7. The lowest BCUT2D eigenvalue weighted by Crippen LogP contribution is -2.29. The molecule has 3 aromatic rings. The monoisotopic (exact) mass is 498 g/mol. The largest absolute Gasteiger partial charge is 0.491 e. The molecule has 0 unspecified atom stereocenters. The Hall–Kier alpha value is -4.17. The van der Waals surface area contributed by atoms with E-state index >= 15 is 0 Å². The van der Waals surface area contributed by atoms with Gasteiger partial charge in [-0.05, 0) is 46.2 Å². The third-order valence-electron chi connectivity index (χ3n) is 3.92. The minimum Gasteiger partial charge on any atom is -0.419 e. The number of hydrogen-bond donors (Lipinski definition) is 3. The Bertz CT molecular complexity index is 1220. The van der Waals surface area contributed by atoms with Gasteiger partial charge in [0, 0.05) is 11.6 Å². The Morgan fingerprint density at radius 1 is 1.21 bits per heavy atom. The van der Waals surface area contributed by atoms with Crippen molar-refractivity contribution in [1.29, 1.82) is 0 Å². The number of anilines is 2. The lowest BCUT2D eigenvalue weighted by Gasteiger charge is -2.12. The molecule has 2 aromatic carbocycles. The number of carbonyl (C=O) groups is 2. The van der Waals surface area contributed by atoms with Gasteiger partial charge < -0.3 is 15.8 Å². The zero-order valence-corrected chi connectivity index (χ0v) is 17.6. The zero-order valence-electron chi connectivity index (χ0n) is 16.8. The predicted molar refractivity (Wildman–Crippen MR) is 112 cm³/mol. The minimum atomic E-state index is -5.27. The molecule has 0 spiro atoms. The van der Waals surface area contributed by atoms with Crippen molar-refractivity contribution in [2.24, 2.45) is 10.9 Å². The van der Waals surface area contributed by atoms with Crippen LogP contribution >= 0.6 is 11.6 Å². The number of benzene rings is 2. The normalized spacial score (nSPS) is 11.3. The Labute approximate surface area is 193 Å². The van der Waals surface area contributed by atoms with Gasteiger partial charge in [-0.1, -0.05) is 28.9 Å². The Morgan fingerprint density at radius 3 is 2.71 bits per heavy atom. The van der Waals surface area contributed by atoms with Crippen molar-refractivity contribution < 1.29 is 37.1 Å². The van der Waals surface area contributed by atoms with Crippen molar-refractivity contribution in [3.05, 3.63) is 64.3 Å². The van der Waals surface area contributed by atoms with Crippen LogP contribution in [0.25, 0.3) is 0 Å². The summed E-state index contributed by atoms with van der Waals surface area (Å²) in [7, 11) is 0. The van der Waals surface area contributed by atoms with E-state index in [1.807, 2.05) is 0 Å². The molecule has 0 atom stereocenters. The first-order valence-corrected chi connectivity index (χ1v) is 9.52. The van der Waals surface area contributed by atoms with Crippen LogP contribution in [0.3, 0.4) is 0 Å². The number of aromatic nitrogens is 2. The van der Waals surface area contributed by atoms with Gasteiger partial charge in [-0.2, -0.15) is 18.7 Å². The van der Waals surface area contributed by atoms with Crippen LogP contribution in [0.5, 0.6) is 5.75 Å². The molecule has 0 bridgehead atoms. The van der Waals surface area contributed by atoms with E-state index in [0.717, 1.165) is 18.3 Å². The van der Waals surface area contributed by atoms with Crippen LogP contribution in [0.4, 0.5) is 24.7 Å². The SMILES string of the molecule is NCc1ccc(C(=O)Nc2nonc2/C=N/ONc2cccc(Cl)c2)c(OC(=O)C(F)(F)F)c1. The fraction of sp³-hybridized carbons (Fsp3) is 0.105. The molecule has 0 saturated heterocycles. The van der Waals surface area contributed by atoms with Crippen molar-refractivity contribution in [1.82, 2.24) is 10.3 Å². The molecule has 11 nitrogen and oxygen atoms in total. The number of esters is 1. The molecule has 0 radical (unpaired) electrons. The Balaban J connectivity index is 1.71. The fourth-order valence-electron chi connectivity index (χ4n) is 2.37. The topological polar surface area (TPSA) is 154 Å². The van der Waals surface area contributed by atoms with E-state index in [4.69, 9.17) is 22.3 Å². The summed E-state index contributed by atoms with van der Waals surface area (Å²) in [4.78, 5) is 28.8. The number of halogens is 4. The van der Waals surface area contributed by atoms with Crippen LogP contribution in [-0.4, -0.2) is 34.6 Å². The van der Waals surface area contributed by atoms with Crippen LogP contribution < -0.4 is 21.3 Å². The lowest BCUT2D eigenvalue weighted by molar-refractivity contribution is -0.189. The summed E-state index contributed by atoms with van der Waals surface area (Å²) >= 11 is 5.84. The third-order valence-corrected chi connectivity index (χ3v) is 4.16. The summed E-state index contributed by atoms with van der Waals surface area (Å²) in [5, 5.41) is 13.3. The van der Waals surface area contributed by atoms with Gasteiger partial charge in [-0.3, -0.25) is 9.73 Å². The van der Waals surface area contributed by atoms with Crippen LogP contribution in [0, 0.1) is 0 Å². The highest BCUT2D eigenvalue weighted by atomic mass is 35.5. The standard InChI is InChI=1S/C19H14ClF3N6O5/c20-11-2-1-3-12(7-11)27-33-25-9-14-16(29-34-28-14)26-17(30)13-5-4-10(8-24)6-15(13)32-18(31)19(21,22)23/h1-7,9,27H,8,24H2,(H,26,29,30)/b25-9+. The average molecular weight is 499 g/mol. The number of alkyl halides is 3. The number of rotatable bonds is 8. The molecule has 1 amide bonds. The van der Waals surface area contributed by atoms with E-state index in [1.54, 1.807) is 24.3 Å². The highest BCUT2D eigenvalue weighted by Gasteiger charge is 2.42. The summed E-state index contributed by atoms with van der Waals surface area (Å²) in [6.45, 7) is -0.0739. The summed E-state index contributed by atoms with van der Waals surface area (Å²) in [6.07, 6.45) is -4.24. The molecular formula is C19H14ClF3N6O5. The molecule has 1 aromatic heterocycles. The van der Waals surface area contributed by atoms with E-state index in [2.05, 4.69) is 35.6 Å². The van der Waals surface area contributed by atoms with Gasteiger partial charge in [0.1, 0.15) is 12.0 Å². The fourth-order valence-corrected chi connectivity index (χ4v) is 2.56. The van der Waals surface area contributed by atoms with E-state index in [0.29, 0.717) is 16.3 Å². The Kier molecular flexibility index (Phi) is 7.65. The Morgan fingerprint density at radius 2 is 2.00 bits per heavy atom. The molecule has 0 aliphatic heterocycles. The summed E-state index contributed by atoms with van der Waals surface area (Å²) in [6, 6.07) is 10.1. The molecule has 0 aliphatic rings. The number of nitrogens with zero attached hydrogens (tertiary/aromatic N) is 3. The van der Waals surface area contributed by atoms with Crippen molar-refractivity contribution in [3.63, 3.8) is 0 Å². The van der Waals surface area contributed by atoms with Gasteiger partial charge in [0.05, 0.1) is 11.3 Å². The van der Waals surface area contributed by atoms with Crippen LogP contribution in [0.1, 0.15) is 21.6 Å². The van der Waals surface area contributed by atoms with Gasteiger partial charge in [0.25, 0.3) is 5.91 Å². The second-order valence-electron chi connectivity index (χ2n) is 6.31. The molecular weight excluding hydrogens is 485 g/mol. The first kappa shape index (κ1) is 24.5. The molecule has 4 N–H and O–H groups in total. The number of ether oxygens (including phenoxy) is 1. The lowest BCUT2D eigenvalue weighted by atomic mass is 10.1. The van der Waals surface area contributed by atoms with E-state index < -0.39 is 29.4 Å². The second kappa shape index (κ2) is 10.6. The molecule has 34 heavy (non-hydrogen) atoms. The molecule has 0 aliphatic carbocycles. The van der Waals surface area contributed by atoms with E-state index in [9.17, 15) is 22.8 Å². The van der Waals surface area contributed by atoms with Crippen LogP contribution in [0.15, 0.2) is 52.2 Å². The maximum Gasteiger partial charge on any atom is 0.491 e. The van der Waals surface area contributed by atoms with E-state index in [1.165, 1.54) is 6.07 Å². The van der Waals surface area contributed by atoms with Gasteiger partial charge in [-0.25, -0.2) is 9.42 Å². The number of carbonyl (C=O) groups excluding carboxylic acids is 2. The molecule has 0 saturated carbocycles. The molecule has 1 heterocycles. The number of oxime groups is 1. The second-order valence-corrected chi connectivity index (χ2v) is 6.75. The molecule has 15 heteroatoms. The van der Waals surface area contributed by atoms with E-state index in [-0.39, 0.29) is 18.1 Å². The maximum atomic E-state index is 12.6. The summed E-state index contributed by atoms with van der Waals surface area (Å²) in [5.74, 6) is -4.37. The van der Waals surface area contributed by atoms with Crippen LogP contribution in [0.2, 0.25) is 5.02 Å². The van der Waals surface area contributed by atoms with Gasteiger partial charge in [0.15, 0.2) is 5.69 Å². The van der Waals surface area contributed by atoms with Crippen molar-refractivity contribution >= 4 is 41.2 Å². The van der Waals surface area contributed by atoms with Crippen molar-refractivity contribution in [2.75, 3.05) is 10.8 Å². The van der Waals surface area contributed by atoms with Gasteiger partial charge >= 0.3 is 12.1 Å². The van der Waals surface area contributed by atoms with Crippen LogP contribution in [-0.2, 0) is 16.3 Å². The summed E-state index contributed by atoms with van der Waals surface area (Å²) in [5.41, 5.74) is 8.27. The first-order valence-electron chi connectivity index (χ1n) is 9.14. The number of nitrogens with one attached hydrogen (secondary N) is 2. The van der Waals surface area contributed by atoms with Gasteiger partial charge in [0.2, 0.25) is 5.82 Å². The van der Waals surface area contributed by atoms with Crippen molar-refractivity contribution in [2.45, 2.75) is 12.7 Å². The maximum absolute atomic E-state index is 12.6. The average Bonchev–Trinajstić information content (AvgIpc) is 3.22. The van der Waals surface area contributed by atoms with Crippen molar-refractivity contribution in [3.8, 4) is 5.75 Å². The molecule has 3 rings (SSSR count). The highest BCUT2D eigenvalue weighted by Crippen LogP contribution is 2.26. The quantitative estimate of drug-likeness (QED) is 0.184. The molecule has 0 fully saturated rings. The first-order chi connectivity index (χ1) is 16.2. The van der Waals surface area contributed by atoms with Gasteiger partial charge in [-0.15, -0.1) is 0 Å². The number of nitrogens with two attached hydrogens (primary N) is 1. The minimum absolute atomic E-state index is 0.0739. The smallest absolute Gasteiger partial charge is 0.419 e. The molecule has 178 valence electrons. The predicted octanol–water partition coefficient (Wildman–Crippen LogP) is 3.28. The zero-order chi connectivity index (χ0) is 24.7. The highest BCUT2D eigenvalue weighted by molar-refractivity contribution is 6.30.